The number of nitrogens with one attached hydrogen (secondary N) is 2. The maximum absolute atomic E-state index is 12.7. The van der Waals surface area contributed by atoms with Gasteiger partial charge in [0.25, 0.3) is 11.5 Å². The van der Waals surface area contributed by atoms with Crippen LogP contribution in [0.3, 0.4) is 0 Å². The molecular formula is C18H22N4O5. The zero-order chi connectivity index (χ0) is 19.9. The molecule has 2 aromatic heterocycles. The third kappa shape index (κ3) is 3.76. The summed E-state index contributed by atoms with van der Waals surface area (Å²) in [7, 11) is 0. The van der Waals surface area contributed by atoms with E-state index >= 15 is 0 Å². The van der Waals surface area contributed by atoms with E-state index in [0.29, 0.717) is 12.2 Å². The Labute approximate surface area is 154 Å². The van der Waals surface area contributed by atoms with Crippen LogP contribution in [0.25, 0.3) is 11.0 Å². The van der Waals surface area contributed by atoms with Crippen LogP contribution < -0.4 is 16.6 Å². The number of hydrogen-bond acceptors (Lipinski definition) is 5. The van der Waals surface area contributed by atoms with Crippen molar-refractivity contribution < 1.29 is 14.7 Å². The Bertz CT molecular complexity index is 1030. The smallest absolute Gasteiger partial charge is 0.330 e. The first-order valence-corrected chi connectivity index (χ1v) is 8.90. The van der Waals surface area contributed by atoms with Crippen LogP contribution in [0.15, 0.2) is 15.7 Å². The molecule has 2 aromatic rings. The number of pyridine rings is 1. The standard InChI is InChI=1S/C18H22N4O5/c1-8(2)7-22-14-13(16(24)21-18(22)27)11(6-12(20-14)10-4-5-10)15(23)19-9(3)17(25)26/h6,8-10H,4-5,7H2,1-3H3,(H,19,23)(H,25,26)(H,21,24,27). The van der Waals surface area contributed by atoms with Crippen LogP contribution in [0, 0.1) is 5.92 Å². The van der Waals surface area contributed by atoms with Crippen LogP contribution in [0.5, 0.6) is 0 Å². The van der Waals surface area contributed by atoms with Gasteiger partial charge in [-0.15, -0.1) is 0 Å². The molecule has 0 aliphatic heterocycles. The third-order valence-electron chi connectivity index (χ3n) is 4.47. The summed E-state index contributed by atoms with van der Waals surface area (Å²) in [4.78, 5) is 55.3. The molecule has 1 amide bonds. The quantitative estimate of drug-likeness (QED) is 0.685. The molecule has 1 aliphatic rings. The van der Waals surface area contributed by atoms with Crippen molar-refractivity contribution in [3.05, 3.63) is 38.2 Å². The Balaban J connectivity index is 2.26. The van der Waals surface area contributed by atoms with Gasteiger partial charge in [0.2, 0.25) is 0 Å². The molecule has 3 rings (SSSR count). The minimum Gasteiger partial charge on any atom is -0.480 e. The topological polar surface area (TPSA) is 134 Å². The highest BCUT2D eigenvalue weighted by Crippen LogP contribution is 2.39. The summed E-state index contributed by atoms with van der Waals surface area (Å²) in [6.07, 6.45) is 1.84. The molecule has 9 heteroatoms. The molecule has 1 atom stereocenters. The molecule has 27 heavy (non-hydrogen) atoms. The zero-order valence-electron chi connectivity index (χ0n) is 15.4. The van der Waals surface area contributed by atoms with Crippen molar-refractivity contribution in [1.29, 1.82) is 0 Å². The van der Waals surface area contributed by atoms with Gasteiger partial charge < -0.3 is 10.4 Å². The first-order chi connectivity index (χ1) is 12.7. The molecule has 3 N–H and O–H groups in total. The van der Waals surface area contributed by atoms with Crippen LogP contribution in [0.4, 0.5) is 0 Å². The summed E-state index contributed by atoms with van der Waals surface area (Å²) < 4.78 is 1.37. The molecule has 144 valence electrons. The maximum Gasteiger partial charge on any atom is 0.330 e. The normalized spacial score (nSPS) is 15.1. The average molecular weight is 374 g/mol. The lowest BCUT2D eigenvalue weighted by Gasteiger charge is -2.15. The number of rotatable bonds is 6. The van der Waals surface area contributed by atoms with E-state index in [1.165, 1.54) is 17.6 Å². The lowest BCUT2D eigenvalue weighted by Crippen LogP contribution is -2.39. The summed E-state index contributed by atoms with van der Waals surface area (Å²) in [5, 5.41) is 11.4. The fourth-order valence-corrected chi connectivity index (χ4v) is 2.93. The number of aromatic amines is 1. The number of carboxylic acids is 1. The second kappa shape index (κ2) is 6.98. The van der Waals surface area contributed by atoms with Gasteiger partial charge in [0.1, 0.15) is 6.04 Å². The molecule has 2 heterocycles. The van der Waals surface area contributed by atoms with Crippen LogP contribution in [-0.2, 0) is 11.3 Å². The monoisotopic (exact) mass is 374 g/mol. The number of H-pyrrole nitrogens is 1. The highest BCUT2D eigenvalue weighted by molar-refractivity contribution is 6.06. The number of nitrogens with zero attached hydrogens (tertiary/aromatic N) is 2. The Morgan fingerprint density at radius 3 is 2.56 bits per heavy atom. The highest BCUT2D eigenvalue weighted by Gasteiger charge is 2.29. The summed E-state index contributed by atoms with van der Waals surface area (Å²) in [6, 6.07) is 0.411. The van der Waals surface area contributed by atoms with Crippen molar-refractivity contribution in [2.45, 2.75) is 52.1 Å². The first kappa shape index (κ1) is 18.8. The molecule has 1 fully saturated rings. The van der Waals surface area contributed by atoms with Crippen molar-refractivity contribution in [2.24, 2.45) is 5.92 Å². The minimum absolute atomic E-state index is 0.00487. The lowest BCUT2D eigenvalue weighted by atomic mass is 10.1. The van der Waals surface area contributed by atoms with Crippen molar-refractivity contribution in [3.8, 4) is 0 Å². The lowest BCUT2D eigenvalue weighted by molar-refractivity contribution is -0.138. The van der Waals surface area contributed by atoms with Gasteiger partial charge in [-0.25, -0.2) is 9.78 Å². The van der Waals surface area contributed by atoms with E-state index in [1.807, 2.05) is 13.8 Å². The van der Waals surface area contributed by atoms with E-state index in [9.17, 15) is 19.2 Å². The van der Waals surface area contributed by atoms with Crippen LogP contribution in [0.1, 0.15) is 55.6 Å². The number of hydrogen-bond donors (Lipinski definition) is 3. The zero-order valence-corrected chi connectivity index (χ0v) is 15.4. The summed E-state index contributed by atoms with van der Waals surface area (Å²) in [6.45, 7) is 5.52. The van der Waals surface area contributed by atoms with Gasteiger partial charge in [0.05, 0.1) is 10.9 Å². The average Bonchev–Trinajstić information content (AvgIpc) is 3.42. The summed E-state index contributed by atoms with van der Waals surface area (Å²) in [5.41, 5.74) is -0.452. The molecule has 0 bridgehead atoms. The third-order valence-corrected chi connectivity index (χ3v) is 4.47. The van der Waals surface area contributed by atoms with Crippen LogP contribution >= 0.6 is 0 Å². The number of carboxylic acid groups (broad SMARTS) is 1. The molecular weight excluding hydrogens is 352 g/mol. The number of carbonyl (C=O) groups excluding carboxylic acids is 1. The first-order valence-electron chi connectivity index (χ1n) is 8.90. The van der Waals surface area contributed by atoms with Gasteiger partial charge in [-0.3, -0.25) is 23.9 Å². The predicted molar refractivity (Wildman–Crippen MR) is 98.0 cm³/mol. The van der Waals surface area contributed by atoms with Crippen molar-refractivity contribution in [1.82, 2.24) is 19.9 Å². The van der Waals surface area contributed by atoms with Gasteiger partial charge >= 0.3 is 11.7 Å². The number of aliphatic carboxylic acids is 1. The number of fused-ring (bicyclic) bond motifs is 1. The Kier molecular flexibility index (Phi) is 4.86. The fourth-order valence-electron chi connectivity index (χ4n) is 2.93. The second-order valence-corrected chi connectivity index (χ2v) is 7.36. The van der Waals surface area contributed by atoms with E-state index in [2.05, 4.69) is 15.3 Å². The van der Waals surface area contributed by atoms with Crippen molar-refractivity contribution in [3.63, 3.8) is 0 Å². The van der Waals surface area contributed by atoms with Crippen molar-refractivity contribution in [2.75, 3.05) is 0 Å². The molecule has 9 nitrogen and oxygen atoms in total. The minimum atomic E-state index is -1.19. The van der Waals surface area contributed by atoms with Gasteiger partial charge in [-0.05, 0) is 31.7 Å². The summed E-state index contributed by atoms with van der Waals surface area (Å²) in [5.74, 6) is -1.57. The Hall–Kier alpha value is -2.97. The highest BCUT2D eigenvalue weighted by atomic mass is 16.4. The predicted octanol–water partition coefficient (Wildman–Crippen LogP) is 0.821. The summed E-state index contributed by atoms with van der Waals surface area (Å²) >= 11 is 0. The van der Waals surface area contributed by atoms with E-state index < -0.39 is 29.2 Å². The van der Waals surface area contributed by atoms with Crippen LogP contribution in [0.2, 0.25) is 0 Å². The molecule has 1 saturated carbocycles. The van der Waals surface area contributed by atoms with Gasteiger partial charge in [-0.1, -0.05) is 13.8 Å². The largest absolute Gasteiger partial charge is 0.480 e. The van der Waals surface area contributed by atoms with Crippen LogP contribution in [-0.4, -0.2) is 37.6 Å². The molecule has 0 aromatic carbocycles. The molecule has 1 unspecified atom stereocenters. The van der Waals surface area contributed by atoms with Gasteiger partial charge in [0, 0.05) is 18.2 Å². The molecule has 0 spiro atoms. The van der Waals surface area contributed by atoms with E-state index in [0.717, 1.165) is 12.8 Å². The van der Waals surface area contributed by atoms with Crippen molar-refractivity contribution >= 4 is 22.9 Å². The molecule has 0 radical (unpaired) electrons. The SMILES string of the molecule is CC(C)Cn1c(=O)[nH]c(=O)c2c(C(=O)NC(C)C(=O)O)cc(C3CC3)nc21. The van der Waals surface area contributed by atoms with E-state index in [1.54, 1.807) is 0 Å². The number of amides is 1. The fraction of sp³-hybridized carbons (Fsp3) is 0.500. The van der Waals surface area contributed by atoms with E-state index in [4.69, 9.17) is 5.11 Å². The Morgan fingerprint density at radius 2 is 2.00 bits per heavy atom. The second-order valence-electron chi connectivity index (χ2n) is 7.36. The van der Waals surface area contributed by atoms with Gasteiger partial charge in [-0.2, -0.15) is 0 Å². The Morgan fingerprint density at radius 1 is 1.33 bits per heavy atom. The van der Waals surface area contributed by atoms with E-state index in [-0.39, 0.29) is 28.4 Å². The number of aromatic nitrogens is 3. The maximum atomic E-state index is 12.7. The molecule has 1 aliphatic carbocycles. The molecule has 0 saturated heterocycles. The van der Waals surface area contributed by atoms with Gasteiger partial charge in [0.15, 0.2) is 5.65 Å². The number of carbonyl (C=O) groups is 2.